The average Bonchev–Trinajstić information content (AvgIpc) is 3.32. The maximum atomic E-state index is 14.4. The number of carbonyl (C=O) groups excluding carboxylic acids is 1. The fourth-order valence-corrected chi connectivity index (χ4v) is 9.14. The first-order chi connectivity index (χ1) is 17.9. The molecule has 190 valence electrons. The molecule has 1 saturated carbocycles. The summed E-state index contributed by atoms with van der Waals surface area (Å²) in [5.74, 6) is -0.492. The Morgan fingerprint density at radius 1 is 0.703 bits per heavy atom. The van der Waals surface area contributed by atoms with E-state index in [2.05, 4.69) is 26.0 Å². The molecule has 2 aliphatic carbocycles. The van der Waals surface area contributed by atoms with E-state index in [9.17, 15) is 13.2 Å². The van der Waals surface area contributed by atoms with Gasteiger partial charge in [0.05, 0.1) is 29.7 Å². The molecule has 3 aliphatic rings. The lowest BCUT2D eigenvalue weighted by Crippen LogP contribution is -2.37. The van der Waals surface area contributed by atoms with E-state index in [1.54, 1.807) is 35.7 Å². The molecule has 0 radical (unpaired) electrons. The third-order valence-corrected chi connectivity index (χ3v) is 10.6. The molecule has 2 fully saturated rings. The quantitative estimate of drug-likeness (QED) is 0.433. The van der Waals surface area contributed by atoms with E-state index >= 15 is 0 Å². The van der Waals surface area contributed by atoms with Gasteiger partial charge in [0.1, 0.15) is 11.5 Å². The van der Waals surface area contributed by atoms with Gasteiger partial charge in [-0.15, -0.1) is 0 Å². The van der Waals surface area contributed by atoms with Crippen molar-refractivity contribution in [1.82, 2.24) is 4.31 Å². The molecule has 0 unspecified atom stereocenters. The monoisotopic (exact) mass is 513 g/mol. The molecule has 0 amide bonds. The van der Waals surface area contributed by atoms with Crippen LogP contribution in [0.15, 0.2) is 107 Å². The zero-order valence-corrected chi connectivity index (χ0v) is 22.0. The highest BCUT2D eigenvalue weighted by atomic mass is 32.2. The van der Waals surface area contributed by atoms with Crippen LogP contribution in [0.2, 0.25) is 0 Å². The smallest absolute Gasteiger partial charge is 0.264 e. The number of benzene rings is 3. The summed E-state index contributed by atoms with van der Waals surface area (Å²) >= 11 is 0. The van der Waals surface area contributed by atoms with Gasteiger partial charge in [-0.05, 0) is 35.1 Å². The lowest BCUT2D eigenvalue weighted by atomic mass is 9.72. The van der Waals surface area contributed by atoms with Gasteiger partial charge in [0.15, 0.2) is 0 Å². The molecule has 7 atom stereocenters. The number of ketones is 1. The molecule has 6 rings (SSSR count). The van der Waals surface area contributed by atoms with E-state index in [1.807, 2.05) is 54.6 Å². The van der Waals surface area contributed by atoms with E-state index in [0.717, 1.165) is 11.1 Å². The van der Waals surface area contributed by atoms with Gasteiger partial charge in [0, 0.05) is 17.8 Å². The second-order valence-electron chi connectivity index (χ2n) is 10.5. The molecule has 6 heteroatoms. The van der Waals surface area contributed by atoms with Crippen LogP contribution >= 0.6 is 0 Å². The third kappa shape index (κ3) is 3.42. The number of sulfonamides is 1. The van der Waals surface area contributed by atoms with Gasteiger partial charge in [-0.1, -0.05) is 92.7 Å². The van der Waals surface area contributed by atoms with Gasteiger partial charge < -0.3 is 4.74 Å². The highest BCUT2D eigenvalue weighted by molar-refractivity contribution is 7.89. The van der Waals surface area contributed by atoms with E-state index in [-0.39, 0.29) is 40.3 Å². The Labute approximate surface area is 218 Å². The van der Waals surface area contributed by atoms with Gasteiger partial charge in [-0.2, -0.15) is 0 Å². The van der Waals surface area contributed by atoms with E-state index < -0.39 is 22.0 Å². The summed E-state index contributed by atoms with van der Waals surface area (Å²) in [5, 5.41) is 0. The predicted molar refractivity (Wildman–Crippen MR) is 142 cm³/mol. The van der Waals surface area contributed by atoms with E-state index in [1.165, 1.54) is 0 Å². The molecule has 1 aliphatic heterocycles. The van der Waals surface area contributed by atoms with Crippen LogP contribution in [-0.4, -0.2) is 25.6 Å². The van der Waals surface area contributed by atoms with Crippen LogP contribution in [0.1, 0.15) is 36.9 Å². The molecule has 5 nitrogen and oxygen atoms in total. The molecule has 1 heterocycles. The summed E-state index contributed by atoms with van der Waals surface area (Å²) in [7, 11) is -2.36. The minimum Gasteiger partial charge on any atom is -0.498 e. The number of hydrogen-bond donors (Lipinski definition) is 0. The molecule has 0 aromatic heterocycles. The van der Waals surface area contributed by atoms with Gasteiger partial charge in [0.2, 0.25) is 0 Å². The molecule has 37 heavy (non-hydrogen) atoms. The number of hydrogen-bond acceptors (Lipinski definition) is 4. The second kappa shape index (κ2) is 8.88. The van der Waals surface area contributed by atoms with Crippen molar-refractivity contribution in [1.29, 1.82) is 0 Å². The maximum Gasteiger partial charge on any atom is 0.264 e. The number of methoxy groups -OCH3 is 1. The number of Topliss-reactive ketones (excluding diaryl/α,β-unsaturated/α-hetero) is 1. The normalized spacial score (nSPS) is 30.9. The largest absolute Gasteiger partial charge is 0.498 e. The Morgan fingerprint density at radius 2 is 1.24 bits per heavy atom. The molecule has 0 spiro atoms. The highest BCUT2D eigenvalue weighted by Gasteiger charge is 2.65. The number of ether oxygens (including phenoxy) is 1. The Bertz CT molecular complexity index is 1450. The van der Waals surface area contributed by atoms with Gasteiger partial charge in [0.25, 0.3) is 10.0 Å². The number of carbonyl (C=O) groups is 1. The summed E-state index contributed by atoms with van der Waals surface area (Å²) in [6.07, 6.45) is 0. The topological polar surface area (TPSA) is 63.7 Å². The Morgan fingerprint density at radius 3 is 1.81 bits per heavy atom. The van der Waals surface area contributed by atoms with Crippen molar-refractivity contribution in [2.75, 3.05) is 7.11 Å². The minimum absolute atomic E-state index is 0.0470. The molecular weight excluding hydrogens is 482 g/mol. The Hall–Kier alpha value is -3.38. The highest BCUT2D eigenvalue weighted by Crippen LogP contribution is 2.64. The standard InChI is InChI=1S/C31H31NO4S/c1-19-24(21-13-7-4-8-14-21)27-30(33)26(19)25-20(2)28(22-15-9-5-10-16-22)32(29(25)31(27)36-3)37(34,35)23-17-11-6-12-18-23/h4-20,24-28H,1-3H3/t19-,20+,24+,25-,26-,27-,28+/m0/s1. The van der Waals surface area contributed by atoms with Gasteiger partial charge in [-0.3, -0.25) is 9.10 Å². The van der Waals surface area contributed by atoms with Crippen LogP contribution in [0.5, 0.6) is 0 Å². The van der Waals surface area contributed by atoms with Crippen LogP contribution in [0, 0.1) is 29.6 Å². The van der Waals surface area contributed by atoms with Crippen molar-refractivity contribution in [2.24, 2.45) is 29.6 Å². The molecule has 2 bridgehead atoms. The number of nitrogens with zero attached hydrogens (tertiary/aromatic N) is 1. The summed E-state index contributed by atoms with van der Waals surface area (Å²) < 4.78 is 36.4. The van der Waals surface area contributed by atoms with Gasteiger partial charge >= 0.3 is 0 Å². The molecular formula is C31H31NO4S. The van der Waals surface area contributed by atoms with Crippen LogP contribution in [0.25, 0.3) is 0 Å². The summed E-state index contributed by atoms with van der Waals surface area (Å²) in [5.41, 5.74) is 2.67. The molecule has 3 aromatic carbocycles. The predicted octanol–water partition coefficient (Wildman–Crippen LogP) is 5.79. The van der Waals surface area contributed by atoms with Crippen molar-refractivity contribution < 1.29 is 17.9 Å². The van der Waals surface area contributed by atoms with Crippen molar-refractivity contribution in [3.63, 3.8) is 0 Å². The fraction of sp³-hybridized carbons (Fsp3) is 0.323. The first-order valence-electron chi connectivity index (χ1n) is 12.9. The fourth-order valence-electron chi connectivity index (χ4n) is 7.33. The second-order valence-corrected chi connectivity index (χ2v) is 12.3. The van der Waals surface area contributed by atoms with Crippen molar-refractivity contribution in [3.8, 4) is 0 Å². The summed E-state index contributed by atoms with van der Waals surface area (Å²) in [6, 6.07) is 28.0. The van der Waals surface area contributed by atoms with Crippen molar-refractivity contribution >= 4 is 15.8 Å². The number of fused-ring (bicyclic) bond motifs is 4. The van der Waals surface area contributed by atoms with Crippen LogP contribution in [0.4, 0.5) is 0 Å². The molecule has 1 saturated heterocycles. The minimum atomic E-state index is -3.93. The SMILES string of the molecule is COC1=C2[C@@H]([C@@H](C)[C@H](c3ccccc3)N2S(=O)(=O)c2ccccc2)[C@H]2C(=O)[C@@H]1[C@@H](c1ccccc1)[C@@H]2C. The van der Waals surface area contributed by atoms with Crippen LogP contribution in [-0.2, 0) is 19.6 Å². The summed E-state index contributed by atoms with van der Waals surface area (Å²) in [4.78, 5) is 14.3. The summed E-state index contributed by atoms with van der Waals surface area (Å²) in [6.45, 7) is 4.24. The molecule has 3 aromatic rings. The first-order valence-corrected chi connectivity index (χ1v) is 14.3. The van der Waals surface area contributed by atoms with Crippen LogP contribution in [0.3, 0.4) is 0 Å². The lowest BCUT2D eigenvalue weighted by molar-refractivity contribution is -0.126. The zero-order chi connectivity index (χ0) is 25.9. The lowest BCUT2D eigenvalue weighted by Gasteiger charge is -2.33. The van der Waals surface area contributed by atoms with Crippen LogP contribution < -0.4 is 0 Å². The Balaban J connectivity index is 1.61. The average molecular weight is 514 g/mol. The number of rotatable bonds is 5. The van der Waals surface area contributed by atoms with Gasteiger partial charge in [-0.25, -0.2) is 8.42 Å². The molecule has 0 N–H and O–H groups in total. The van der Waals surface area contributed by atoms with E-state index in [4.69, 9.17) is 4.74 Å². The first kappa shape index (κ1) is 24.0. The zero-order valence-electron chi connectivity index (χ0n) is 21.2. The third-order valence-electron chi connectivity index (χ3n) is 8.76. The van der Waals surface area contributed by atoms with E-state index in [0.29, 0.717) is 11.5 Å². The van der Waals surface area contributed by atoms with Crippen molar-refractivity contribution in [2.45, 2.75) is 30.7 Å². The maximum absolute atomic E-state index is 14.4. The number of allylic oxidation sites excluding steroid dienone is 2. The Kier molecular flexibility index (Phi) is 5.75. The van der Waals surface area contributed by atoms with Crippen molar-refractivity contribution in [3.05, 3.63) is 114 Å².